The predicted molar refractivity (Wildman–Crippen MR) is 76.5 cm³/mol. The van der Waals surface area contributed by atoms with Gasteiger partial charge in [0.2, 0.25) is 0 Å². The van der Waals surface area contributed by atoms with Gasteiger partial charge in [0.1, 0.15) is 9.79 Å². The van der Waals surface area contributed by atoms with E-state index in [2.05, 4.69) is 0 Å². The largest absolute Gasteiger partial charge is 0.504 e. The van der Waals surface area contributed by atoms with Gasteiger partial charge >= 0.3 is 0 Å². The van der Waals surface area contributed by atoms with E-state index >= 15 is 0 Å². The van der Waals surface area contributed by atoms with Crippen molar-refractivity contribution in [1.29, 1.82) is 0 Å². The summed E-state index contributed by atoms with van der Waals surface area (Å²) in [5.74, 6) is -3.20. The molecule has 1 aromatic carbocycles. The molecule has 0 amide bonds. The number of phenolic OH excluding ortho intramolecular Hbond substituents is 2. The van der Waals surface area contributed by atoms with E-state index in [1.165, 1.54) is 0 Å². The van der Waals surface area contributed by atoms with Crippen molar-refractivity contribution in [3.63, 3.8) is 0 Å². The van der Waals surface area contributed by atoms with Gasteiger partial charge in [0.25, 0.3) is 30.4 Å². The van der Waals surface area contributed by atoms with Gasteiger partial charge < -0.3 is 10.2 Å². The summed E-state index contributed by atoms with van der Waals surface area (Å²) in [5.41, 5.74) is 0. The van der Waals surface area contributed by atoms with Crippen molar-refractivity contribution in [2.75, 3.05) is 0 Å². The number of rotatable bonds is 3. The van der Waals surface area contributed by atoms with Crippen LogP contribution in [0.15, 0.2) is 20.8 Å². The molecule has 3 radical (unpaired) electrons. The normalized spacial score (nSPS) is 11.6. The number of hydrogen-bond donors (Lipinski definition) is 5. The molecule has 0 aromatic heterocycles. The molecule has 1 rings (SSSR count). The fourth-order valence-corrected chi connectivity index (χ4v) is 4.53. The second-order valence-electron chi connectivity index (χ2n) is 3.33. The van der Waals surface area contributed by atoms with Gasteiger partial charge in [-0.25, -0.2) is 0 Å². The predicted octanol–water partition coefficient (Wildman–Crippen LogP) is -2.30. The van der Waals surface area contributed by atoms with Crippen LogP contribution in [0.1, 0.15) is 0 Å². The molecule has 0 aliphatic heterocycles. The van der Waals surface area contributed by atoms with Gasteiger partial charge in [-0.15, -0.1) is 0 Å². The topological polar surface area (TPSA) is 204 Å². The second-order valence-corrected chi connectivity index (χ2v) is 7.43. The standard InChI is InChI=1S/C6H6O11S3.3Na/c7-2-1-3(18(9,10)11)5(19(12,13)14)6(4(2)8)20(15,16)17;;;/h1,7-8H,(H,9,10,11)(H,12,13,14)(H,15,16,17);;;. The molecule has 5 N–H and O–H groups in total. The minimum Gasteiger partial charge on any atom is -0.504 e. The quantitative estimate of drug-likeness (QED) is 0.200. The third-order valence-electron chi connectivity index (χ3n) is 1.95. The summed E-state index contributed by atoms with van der Waals surface area (Å²) in [6, 6.07) is -0.0253. The Kier molecular flexibility index (Phi) is 12.1. The summed E-state index contributed by atoms with van der Waals surface area (Å²) in [6.45, 7) is 0. The van der Waals surface area contributed by atoms with Gasteiger partial charge in [-0.2, -0.15) is 25.3 Å². The second kappa shape index (κ2) is 9.48. The van der Waals surface area contributed by atoms with Gasteiger partial charge in [0, 0.05) is 94.7 Å². The fourth-order valence-electron chi connectivity index (χ4n) is 1.27. The van der Waals surface area contributed by atoms with Crippen LogP contribution in [0, 0.1) is 0 Å². The van der Waals surface area contributed by atoms with Crippen LogP contribution in [-0.4, -0.2) is 138 Å². The molecular weight excluding hydrogens is 413 g/mol. The molecular formula is C6H6Na3O11S3. The Hall–Kier alpha value is 1.55. The summed E-state index contributed by atoms with van der Waals surface area (Å²) in [4.78, 5) is -5.74. The molecule has 11 nitrogen and oxygen atoms in total. The van der Waals surface area contributed by atoms with Crippen LogP contribution in [-0.2, 0) is 30.4 Å². The third-order valence-corrected chi connectivity index (χ3v) is 4.94. The first kappa shape index (κ1) is 29.3. The van der Waals surface area contributed by atoms with Crippen molar-refractivity contribution in [1.82, 2.24) is 0 Å². The molecule has 23 heavy (non-hydrogen) atoms. The van der Waals surface area contributed by atoms with Gasteiger partial charge in [-0.3, -0.25) is 13.7 Å². The van der Waals surface area contributed by atoms with Gasteiger partial charge in [-0.1, -0.05) is 0 Å². The van der Waals surface area contributed by atoms with Crippen LogP contribution in [0.5, 0.6) is 11.5 Å². The fraction of sp³-hybridized carbons (Fsp3) is 0. The summed E-state index contributed by atoms with van der Waals surface area (Å²) in [6.07, 6.45) is 0. The molecule has 0 saturated heterocycles. The van der Waals surface area contributed by atoms with E-state index < -0.39 is 56.5 Å². The van der Waals surface area contributed by atoms with Crippen LogP contribution in [0.3, 0.4) is 0 Å². The van der Waals surface area contributed by atoms with Gasteiger partial charge in [-0.05, 0) is 0 Å². The Balaban J connectivity index is -0.00000133. The zero-order valence-corrected chi connectivity index (χ0v) is 20.4. The van der Waals surface area contributed by atoms with Crippen molar-refractivity contribution in [3.05, 3.63) is 6.07 Å². The average molecular weight is 419 g/mol. The maximum Gasteiger partial charge on any atom is 0.299 e. The molecule has 0 heterocycles. The van der Waals surface area contributed by atoms with Crippen molar-refractivity contribution < 1.29 is 49.1 Å². The van der Waals surface area contributed by atoms with Crippen LogP contribution in [0.4, 0.5) is 0 Å². The van der Waals surface area contributed by atoms with E-state index in [0.717, 1.165) is 0 Å². The molecule has 1 aromatic rings. The molecule has 0 bridgehead atoms. The summed E-state index contributed by atoms with van der Waals surface area (Å²) < 4.78 is 92.3. The van der Waals surface area contributed by atoms with E-state index in [1.54, 1.807) is 0 Å². The molecule has 0 spiro atoms. The van der Waals surface area contributed by atoms with E-state index in [4.69, 9.17) is 18.8 Å². The Morgan fingerprint density at radius 3 is 1.26 bits per heavy atom. The Morgan fingerprint density at radius 1 is 0.652 bits per heavy atom. The minimum absolute atomic E-state index is 0. The maximum atomic E-state index is 11.0. The molecule has 0 atom stereocenters. The zero-order chi connectivity index (χ0) is 16.1. The monoisotopic (exact) mass is 419 g/mol. The molecule has 17 heteroatoms. The molecule has 117 valence electrons. The molecule has 0 aliphatic carbocycles. The van der Waals surface area contributed by atoms with Gasteiger partial charge in [0.05, 0.1) is 0 Å². The first-order chi connectivity index (χ1) is 8.67. The van der Waals surface area contributed by atoms with Crippen LogP contribution < -0.4 is 0 Å². The first-order valence-electron chi connectivity index (χ1n) is 4.18. The summed E-state index contributed by atoms with van der Waals surface area (Å²) >= 11 is 0. The average Bonchev–Trinajstić information content (AvgIpc) is 2.15. The van der Waals surface area contributed by atoms with Crippen molar-refractivity contribution >= 4 is 119 Å². The Labute approximate surface area is 197 Å². The molecule has 0 saturated carbocycles. The SMILES string of the molecule is O=S(=O)(O)c1cc(O)c(O)c(S(=O)(=O)O)c1S(=O)(=O)O.[Na].[Na].[Na]. The van der Waals surface area contributed by atoms with Crippen LogP contribution in [0.25, 0.3) is 0 Å². The summed E-state index contributed by atoms with van der Waals surface area (Å²) in [5, 5.41) is 18.3. The first-order valence-corrected chi connectivity index (χ1v) is 8.50. The number of hydrogen-bond acceptors (Lipinski definition) is 8. The number of phenols is 2. The minimum atomic E-state index is -5.62. The Bertz CT molecular complexity index is 887. The van der Waals surface area contributed by atoms with Crippen LogP contribution in [0.2, 0.25) is 0 Å². The van der Waals surface area contributed by atoms with E-state index in [0.29, 0.717) is 0 Å². The number of aromatic hydroxyl groups is 2. The van der Waals surface area contributed by atoms with Crippen LogP contribution >= 0.6 is 0 Å². The van der Waals surface area contributed by atoms with Crippen molar-refractivity contribution in [3.8, 4) is 11.5 Å². The third kappa shape index (κ3) is 6.99. The maximum absolute atomic E-state index is 11.0. The Morgan fingerprint density at radius 2 is 1.00 bits per heavy atom. The smallest absolute Gasteiger partial charge is 0.299 e. The van der Waals surface area contributed by atoms with E-state index in [1.807, 2.05) is 0 Å². The van der Waals surface area contributed by atoms with E-state index in [-0.39, 0.29) is 94.7 Å². The van der Waals surface area contributed by atoms with Gasteiger partial charge in [0.15, 0.2) is 16.4 Å². The molecule has 0 aliphatic rings. The number of benzene rings is 1. The van der Waals surface area contributed by atoms with Crippen molar-refractivity contribution in [2.45, 2.75) is 14.7 Å². The summed E-state index contributed by atoms with van der Waals surface area (Å²) in [7, 11) is -16.6. The van der Waals surface area contributed by atoms with Crippen molar-refractivity contribution in [2.24, 2.45) is 0 Å². The molecule has 0 fully saturated rings. The zero-order valence-electron chi connectivity index (χ0n) is 12.0. The van der Waals surface area contributed by atoms with E-state index in [9.17, 15) is 30.4 Å². The molecule has 0 unspecified atom stereocenters.